The van der Waals surface area contributed by atoms with Gasteiger partial charge in [-0.25, -0.2) is 4.98 Å². The number of nitrogens with zero attached hydrogens (tertiary/aromatic N) is 4. The Morgan fingerprint density at radius 2 is 2.00 bits per heavy atom. The summed E-state index contributed by atoms with van der Waals surface area (Å²) in [4.78, 5) is 29.8. The molecule has 0 aliphatic heterocycles. The number of anilines is 1. The predicted molar refractivity (Wildman–Crippen MR) is 132 cm³/mol. The van der Waals surface area contributed by atoms with Crippen LogP contribution in [0.5, 0.6) is 11.5 Å². The average molecular weight is 488 g/mol. The second-order valence-corrected chi connectivity index (χ2v) is 8.36. The molecule has 10 heteroatoms. The third kappa shape index (κ3) is 5.54. The van der Waals surface area contributed by atoms with Crippen LogP contribution in [-0.4, -0.2) is 27.6 Å². The predicted octanol–water partition coefficient (Wildman–Crippen LogP) is 3.85. The standard InChI is InChI=1S/C25H21N5O4S/c1-3-22-29-30-23(31)13-19(28-25(30)35-22)15-34-20-10-9-16(12-21(20)33-2)11-17(14-26)24(32)27-18-7-5-4-6-8-18/h4-13H,3,15H2,1-2H3,(H,27,32)/b17-11+. The average Bonchev–Trinajstić information content (AvgIpc) is 3.31. The summed E-state index contributed by atoms with van der Waals surface area (Å²) in [5.41, 5.74) is 1.32. The number of aryl methyl sites for hydroxylation is 1. The van der Waals surface area contributed by atoms with E-state index < -0.39 is 5.91 Å². The Morgan fingerprint density at radius 1 is 1.20 bits per heavy atom. The molecule has 4 rings (SSSR count). The van der Waals surface area contributed by atoms with Crippen LogP contribution >= 0.6 is 11.3 Å². The zero-order chi connectivity index (χ0) is 24.8. The SMILES string of the molecule is CCc1nn2c(=O)cc(COc3ccc(/C=C(\C#N)C(=O)Nc4ccccc4)cc3OC)nc2s1. The van der Waals surface area contributed by atoms with Crippen LogP contribution in [0.2, 0.25) is 0 Å². The van der Waals surface area contributed by atoms with Crippen molar-refractivity contribution in [2.75, 3.05) is 12.4 Å². The van der Waals surface area contributed by atoms with Gasteiger partial charge in [0.2, 0.25) is 4.96 Å². The first-order valence-corrected chi connectivity index (χ1v) is 11.5. The van der Waals surface area contributed by atoms with E-state index in [2.05, 4.69) is 15.4 Å². The Labute approximate surface area is 204 Å². The number of amides is 1. The molecular formula is C25H21N5O4S. The van der Waals surface area contributed by atoms with Gasteiger partial charge in [-0.1, -0.05) is 42.5 Å². The number of nitriles is 1. The number of carbonyl (C=O) groups excluding carboxylic acids is 1. The lowest BCUT2D eigenvalue weighted by atomic mass is 10.1. The third-order valence-corrected chi connectivity index (χ3v) is 5.97. The summed E-state index contributed by atoms with van der Waals surface area (Å²) >= 11 is 1.36. The van der Waals surface area contributed by atoms with Gasteiger partial charge in [-0.3, -0.25) is 9.59 Å². The van der Waals surface area contributed by atoms with E-state index in [4.69, 9.17) is 9.47 Å². The largest absolute Gasteiger partial charge is 0.493 e. The zero-order valence-electron chi connectivity index (χ0n) is 19.0. The molecule has 0 spiro atoms. The van der Waals surface area contributed by atoms with E-state index in [1.54, 1.807) is 42.5 Å². The van der Waals surface area contributed by atoms with Gasteiger partial charge >= 0.3 is 0 Å². The van der Waals surface area contributed by atoms with Crippen molar-refractivity contribution < 1.29 is 14.3 Å². The molecule has 0 aliphatic carbocycles. The molecule has 2 aromatic heterocycles. The Bertz CT molecular complexity index is 1500. The van der Waals surface area contributed by atoms with Crippen LogP contribution in [0.4, 0.5) is 5.69 Å². The number of aromatic nitrogens is 3. The highest BCUT2D eigenvalue weighted by Gasteiger charge is 2.13. The lowest BCUT2D eigenvalue weighted by Crippen LogP contribution is -2.16. The van der Waals surface area contributed by atoms with Gasteiger partial charge in [0.05, 0.1) is 12.8 Å². The van der Waals surface area contributed by atoms with Crippen LogP contribution in [0.3, 0.4) is 0 Å². The minimum Gasteiger partial charge on any atom is -0.493 e. The van der Waals surface area contributed by atoms with Crippen molar-refractivity contribution in [3.8, 4) is 17.6 Å². The summed E-state index contributed by atoms with van der Waals surface area (Å²) < 4.78 is 12.6. The number of nitrogens with one attached hydrogen (secondary N) is 1. The monoisotopic (exact) mass is 487 g/mol. The summed E-state index contributed by atoms with van der Waals surface area (Å²) in [7, 11) is 1.49. The topological polar surface area (TPSA) is 119 Å². The van der Waals surface area contributed by atoms with Gasteiger partial charge in [0.15, 0.2) is 11.5 Å². The van der Waals surface area contributed by atoms with Crippen LogP contribution in [0.1, 0.15) is 23.2 Å². The number of hydrogen-bond acceptors (Lipinski definition) is 8. The maximum atomic E-state index is 12.5. The molecule has 4 aromatic rings. The lowest BCUT2D eigenvalue weighted by Gasteiger charge is -2.11. The van der Waals surface area contributed by atoms with Crippen molar-refractivity contribution in [3.63, 3.8) is 0 Å². The number of rotatable bonds is 8. The van der Waals surface area contributed by atoms with E-state index in [0.717, 1.165) is 11.4 Å². The smallest absolute Gasteiger partial charge is 0.275 e. The first kappa shape index (κ1) is 23.7. The fourth-order valence-electron chi connectivity index (χ4n) is 3.19. The van der Waals surface area contributed by atoms with E-state index in [0.29, 0.717) is 33.4 Å². The van der Waals surface area contributed by atoms with Gasteiger partial charge in [-0.2, -0.15) is 14.9 Å². The molecule has 9 nitrogen and oxygen atoms in total. The Morgan fingerprint density at radius 3 is 2.71 bits per heavy atom. The summed E-state index contributed by atoms with van der Waals surface area (Å²) in [6.07, 6.45) is 2.19. The molecule has 0 atom stereocenters. The van der Waals surface area contributed by atoms with Crippen LogP contribution < -0.4 is 20.3 Å². The maximum Gasteiger partial charge on any atom is 0.275 e. The fraction of sp³-hybridized carbons (Fsp3) is 0.160. The number of benzene rings is 2. The summed E-state index contributed by atoms with van der Waals surface area (Å²) in [6, 6.07) is 17.2. The molecule has 0 fully saturated rings. The molecule has 0 saturated heterocycles. The van der Waals surface area contributed by atoms with Crippen LogP contribution in [-0.2, 0) is 17.8 Å². The van der Waals surface area contributed by atoms with Crippen molar-refractivity contribution in [2.24, 2.45) is 0 Å². The molecular weight excluding hydrogens is 466 g/mol. The molecule has 0 aliphatic rings. The van der Waals surface area contributed by atoms with Crippen molar-refractivity contribution in [3.05, 3.63) is 86.8 Å². The maximum absolute atomic E-state index is 12.5. The second kappa shape index (κ2) is 10.6. The van der Waals surface area contributed by atoms with Crippen LogP contribution in [0, 0.1) is 11.3 Å². The van der Waals surface area contributed by atoms with Crippen molar-refractivity contribution in [1.82, 2.24) is 14.6 Å². The highest BCUT2D eigenvalue weighted by atomic mass is 32.1. The number of methoxy groups -OCH3 is 1. The second-order valence-electron chi connectivity index (χ2n) is 7.32. The minimum absolute atomic E-state index is 0.0551. The van der Waals surface area contributed by atoms with E-state index in [-0.39, 0.29) is 17.7 Å². The lowest BCUT2D eigenvalue weighted by molar-refractivity contribution is -0.112. The van der Waals surface area contributed by atoms with Crippen molar-refractivity contribution >= 4 is 34.0 Å². The van der Waals surface area contributed by atoms with Gasteiger partial charge in [0.1, 0.15) is 23.3 Å². The quantitative estimate of drug-likeness (QED) is 0.296. The Kier molecular flexibility index (Phi) is 7.18. The molecule has 0 saturated carbocycles. The summed E-state index contributed by atoms with van der Waals surface area (Å²) in [6.45, 7) is 2.02. The number of carbonyl (C=O) groups is 1. The Balaban J connectivity index is 1.51. The number of fused-ring (bicyclic) bond motifs is 1. The molecule has 176 valence electrons. The van der Waals surface area contributed by atoms with Gasteiger partial charge in [0.25, 0.3) is 11.5 Å². The fourth-order valence-corrected chi connectivity index (χ4v) is 4.05. The minimum atomic E-state index is -0.514. The molecule has 0 radical (unpaired) electrons. The first-order valence-electron chi connectivity index (χ1n) is 10.7. The molecule has 0 unspecified atom stereocenters. The molecule has 0 bridgehead atoms. The Hall–Kier alpha value is -4.49. The summed E-state index contributed by atoms with van der Waals surface area (Å²) in [5, 5.41) is 17.2. The number of ether oxygens (including phenoxy) is 2. The molecule has 2 heterocycles. The first-order chi connectivity index (χ1) is 17.0. The van der Waals surface area contributed by atoms with E-state index >= 15 is 0 Å². The molecule has 2 aromatic carbocycles. The molecule has 35 heavy (non-hydrogen) atoms. The summed E-state index contributed by atoms with van der Waals surface area (Å²) in [5.74, 6) is 0.320. The van der Waals surface area contributed by atoms with E-state index in [1.165, 1.54) is 35.1 Å². The highest BCUT2D eigenvalue weighted by molar-refractivity contribution is 7.16. The normalized spacial score (nSPS) is 11.2. The zero-order valence-corrected chi connectivity index (χ0v) is 19.8. The van der Waals surface area contributed by atoms with Gasteiger partial charge in [0, 0.05) is 11.8 Å². The van der Waals surface area contributed by atoms with Crippen molar-refractivity contribution in [1.29, 1.82) is 5.26 Å². The highest BCUT2D eigenvalue weighted by Crippen LogP contribution is 2.29. The van der Waals surface area contributed by atoms with Gasteiger partial charge < -0.3 is 14.8 Å². The van der Waals surface area contributed by atoms with E-state index in [1.807, 2.05) is 19.1 Å². The number of para-hydroxylation sites is 1. The molecule has 1 amide bonds. The van der Waals surface area contributed by atoms with Gasteiger partial charge in [-0.05, 0) is 42.3 Å². The van der Waals surface area contributed by atoms with Crippen molar-refractivity contribution in [2.45, 2.75) is 20.0 Å². The molecule has 1 N–H and O–H groups in total. The van der Waals surface area contributed by atoms with Crippen LogP contribution in [0.25, 0.3) is 11.0 Å². The third-order valence-electron chi connectivity index (χ3n) is 4.91. The van der Waals surface area contributed by atoms with E-state index in [9.17, 15) is 14.9 Å². The van der Waals surface area contributed by atoms with Gasteiger partial charge in [-0.15, -0.1) is 0 Å². The van der Waals surface area contributed by atoms with Crippen LogP contribution in [0.15, 0.2) is 65.0 Å². The number of hydrogen-bond donors (Lipinski definition) is 1.